The molecule has 0 aromatic carbocycles. The number of nitrogens with zero attached hydrogens (tertiary/aromatic N) is 2. The van der Waals surface area contributed by atoms with Gasteiger partial charge in [0.1, 0.15) is 18.1 Å². The van der Waals surface area contributed by atoms with Gasteiger partial charge >= 0.3 is 5.97 Å². The van der Waals surface area contributed by atoms with Gasteiger partial charge in [0.05, 0.1) is 16.5 Å². The maximum atomic E-state index is 11.6. The highest BCUT2D eigenvalue weighted by Crippen LogP contribution is 2.25. The summed E-state index contributed by atoms with van der Waals surface area (Å²) >= 11 is 3.18. The molecular formula is C11H14BrN3O4. The minimum absolute atomic E-state index is 0.0173. The Morgan fingerprint density at radius 2 is 2.21 bits per heavy atom. The first kappa shape index (κ1) is 15.4. The average Bonchev–Trinajstić information content (AvgIpc) is 2.35. The summed E-state index contributed by atoms with van der Waals surface area (Å²) in [5.41, 5.74) is -0.128. The zero-order valence-electron chi connectivity index (χ0n) is 10.7. The van der Waals surface area contributed by atoms with Crippen LogP contribution >= 0.6 is 15.9 Å². The quantitative estimate of drug-likeness (QED) is 0.505. The molecule has 19 heavy (non-hydrogen) atoms. The first-order valence-corrected chi connectivity index (χ1v) is 6.30. The van der Waals surface area contributed by atoms with Crippen LogP contribution in [-0.2, 0) is 9.53 Å². The van der Waals surface area contributed by atoms with Crippen LogP contribution in [0.2, 0.25) is 0 Å². The number of carbonyl (C=O) groups is 1. The standard InChI is InChI=1S/C11H14BrN3O4/c1-6(2)9(11(16)19-3)14-10-8(12)4-7(5-13-10)15(17)18/h4-6,9H,1-3H3,(H,13,14). The Hall–Kier alpha value is -1.70. The molecule has 0 aliphatic rings. The molecule has 1 aromatic heterocycles. The fraction of sp³-hybridized carbons (Fsp3) is 0.455. The molecule has 1 aromatic rings. The van der Waals surface area contributed by atoms with Gasteiger partial charge in [0.25, 0.3) is 5.69 Å². The van der Waals surface area contributed by atoms with E-state index in [-0.39, 0.29) is 11.6 Å². The van der Waals surface area contributed by atoms with Crippen molar-refractivity contribution in [1.29, 1.82) is 0 Å². The van der Waals surface area contributed by atoms with Crippen LogP contribution in [0, 0.1) is 16.0 Å². The molecular weight excluding hydrogens is 318 g/mol. The lowest BCUT2D eigenvalue weighted by Crippen LogP contribution is -2.35. The Bertz CT molecular complexity index is 493. The molecule has 1 heterocycles. The average molecular weight is 332 g/mol. The fourth-order valence-corrected chi connectivity index (χ4v) is 1.86. The van der Waals surface area contributed by atoms with Crippen molar-refractivity contribution >= 4 is 33.4 Å². The second kappa shape index (κ2) is 6.46. The molecule has 0 spiro atoms. The Morgan fingerprint density at radius 1 is 1.58 bits per heavy atom. The van der Waals surface area contributed by atoms with E-state index in [1.165, 1.54) is 13.2 Å². The molecule has 0 saturated carbocycles. The second-order valence-corrected chi connectivity index (χ2v) is 5.02. The van der Waals surface area contributed by atoms with Crippen molar-refractivity contribution in [3.8, 4) is 0 Å². The van der Waals surface area contributed by atoms with Crippen LogP contribution in [0.5, 0.6) is 0 Å². The van der Waals surface area contributed by atoms with Crippen LogP contribution in [-0.4, -0.2) is 29.0 Å². The number of rotatable bonds is 5. The number of hydrogen-bond donors (Lipinski definition) is 1. The number of halogens is 1. The van der Waals surface area contributed by atoms with Crippen molar-refractivity contribution in [2.24, 2.45) is 5.92 Å². The Morgan fingerprint density at radius 3 is 2.63 bits per heavy atom. The van der Waals surface area contributed by atoms with Crippen LogP contribution in [0.1, 0.15) is 13.8 Å². The summed E-state index contributed by atoms with van der Waals surface area (Å²) in [6.45, 7) is 3.71. The number of hydrogen-bond acceptors (Lipinski definition) is 6. The summed E-state index contributed by atoms with van der Waals surface area (Å²) in [4.78, 5) is 25.6. The molecule has 1 rings (SSSR count). The Labute approximate surface area is 118 Å². The van der Waals surface area contributed by atoms with Gasteiger partial charge in [-0.05, 0) is 21.8 Å². The molecule has 0 saturated heterocycles. The van der Waals surface area contributed by atoms with E-state index in [2.05, 4.69) is 26.2 Å². The third kappa shape index (κ3) is 3.88. The van der Waals surface area contributed by atoms with Crippen LogP contribution in [0.25, 0.3) is 0 Å². The van der Waals surface area contributed by atoms with E-state index in [0.29, 0.717) is 10.3 Å². The number of ether oxygens (including phenoxy) is 1. The van der Waals surface area contributed by atoms with E-state index in [1.54, 1.807) is 0 Å². The van der Waals surface area contributed by atoms with Crippen molar-refractivity contribution in [1.82, 2.24) is 4.98 Å². The normalized spacial score (nSPS) is 12.1. The zero-order chi connectivity index (χ0) is 14.6. The van der Waals surface area contributed by atoms with Crippen LogP contribution in [0.4, 0.5) is 11.5 Å². The third-order valence-electron chi connectivity index (χ3n) is 2.45. The molecule has 8 heteroatoms. The lowest BCUT2D eigenvalue weighted by atomic mass is 10.0. The highest BCUT2D eigenvalue weighted by atomic mass is 79.9. The van der Waals surface area contributed by atoms with E-state index in [0.717, 1.165) is 6.20 Å². The molecule has 0 aliphatic heterocycles. The smallest absolute Gasteiger partial charge is 0.328 e. The van der Waals surface area contributed by atoms with Crippen molar-refractivity contribution in [3.63, 3.8) is 0 Å². The molecule has 1 N–H and O–H groups in total. The topological polar surface area (TPSA) is 94.4 Å². The van der Waals surface area contributed by atoms with E-state index >= 15 is 0 Å². The molecule has 104 valence electrons. The monoisotopic (exact) mass is 331 g/mol. The number of anilines is 1. The summed E-state index contributed by atoms with van der Waals surface area (Å²) in [6.07, 6.45) is 1.13. The van der Waals surface area contributed by atoms with Crippen LogP contribution < -0.4 is 5.32 Å². The number of nitrogens with one attached hydrogen (secondary N) is 1. The molecule has 1 atom stereocenters. The van der Waals surface area contributed by atoms with Gasteiger partial charge in [-0.15, -0.1) is 0 Å². The first-order valence-electron chi connectivity index (χ1n) is 5.51. The van der Waals surface area contributed by atoms with Gasteiger partial charge in [-0.2, -0.15) is 0 Å². The number of esters is 1. The second-order valence-electron chi connectivity index (χ2n) is 4.17. The minimum Gasteiger partial charge on any atom is -0.467 e. The summed E-state index contributed by atoms with van der Waals surface area (Å²) in [5.74, 6) is -0.0758. The van der Waals surface area contributed by atoms with Gasteiger partial charge in [-0.1, -0.05) is 13.8 Å². The Kier molecular flexibility index (Phi) is 5.22. The first-order chi connectivity index (χ1) is 8.86. The zero-order valence-corrected chi connectivity index (χ0v) is 12.3. The molecule has 0 fully saturated rings. The summed E-state index contributed by atoms with van der Waals surface area (Å²) in [6, 6.07) is 0.750. The van der Waals surface area contributed by atoms with Crippen molar-refractivity contribution in [2.45, 2.75) is 19.9 Å². The number of aromatic nitrogens is 1. The van der Waals surface area contributed by atoms with Crippen molar-refractivity contribution in [3.05, 3.63) is 26.9 Å². The van der Waals surface area contributed by atoms with Crippen molar-refractivity contribution in [2.75, 3.05) is 12.4 Å². The predicted octanol–water partition coefficient (Wildman–Crippen LogP) is 2.36. The van der Waals surface area contributed by atoms with Crippen molar-refractivity contribution < 1.29 is 14.5 Å². The maximum Gasteiger partial charge on any atom is 0.328 e. The van der Waals surface area contributed by atoms with Gasteiger partial charge in [0.2, 0.25) is 0 Å². The molecule has 0 bridgehead atoms. The summed E-state index contributed by atoms with van der Waals surface area (Å²) in [5, 5.41) is 13.5. The number of pyridine rings is 1. The Balaban J connectivity index is 2.97. The van der Waals surface area contributed by atoms with E-state index in [1.807, 2.05) is 13.8 Å². The van der Waals surface area contributed by atoms with Gasteiger partial charge in [-0.25, -0.2) is 9.78 Å². The predicted molar refractivity (Wildman–Crippen MR) is 72.9 cm³/mol. The highest BCUT2D eigenvalue weighted by molar-refractivity contribution is 9.10. The number of carbonyl (C=O) groups excluding carboxylic acids is 1. The number of methoxy groups -OCH3 is 1. The van der Waals surface area contributed by atoms with Gasteiger partial charge in [0, 0.05) is 6.07 Å². The summed E-state index contributed by atoms with van der Waals surface area (Å²) in [7, 11) is 1.30. The summed E-state index contributed by atoms with van der Waals surface area (Å²) < 4.78 is 5.11. The SMILES string of the molecule is COC(=O)C(Nc1ncc([N+](=O)[O-])cc1Br)C(C)C. The minimum atomic E-state index is -0.574. The largest absolute Gasteiger partial charge is 0.467 e. The molecule has 0 aliphatic carbocycles. The van der Waals surface area contributed by atoms with Gasteiger partial charge in [0.15, 0.2) is 0 Å². The van der Waals surface area contributed by atoms with Crippen LogP contribution in [0.15, 0.2) is 16.7 Å². The van der Waals surface area contributed by atoms with Gasteiger partial charge in [-0.3, -0.25) is 10.1 Å². The maximum absolute atomic E-state index is 11.6. The lowest BCUT2D eigenvalue weighted by Gasteiger charge is -2.20. The highest BCUT2D eigenvalue weighted by Gasteiger charge is 2.24. The molecule has 0 amide bonds. The molecule has 1 unspecified atom stereocenters. The van der Waals surface area contributed by atoms with E-state index in [9.17, 15) is 14.9 Å². The van der Waals surface area contributed by atoms with E-state index in [4.69, 9.17) is 4.74 Å². The molecule has 0 radical (unpaired) electrons. The molecule has 7 nitrogen and oxygen atoms in total. The number of nitro groups is 1. The fourth-order valence-electron chi connectivity index (χ4n) is 1.41. The van der Waals surface area contributed by atoms with E-state index < -0.39 is 16.9 Å². The lowest BCUT2D eigenvalue weighted by molar-refractivity contribution is -0.385. The van der Waals surface area contributed by atoms with Crippen LogP contribution in [0.3, 0.4) is 0 Å². The van der Waals surface area contributed by atoms with Gasteiger partial charge < -0.3 is 10.1 Å². The third-order valence-corrected chi connectivity index (χ3v) is 3.06.